The summed E-state index contributed by atoms with van der Waals surface area (Å²) >= 11 is 0. The highest BCUT2D eigenvalue weighted by molar-refractivity contribution is 7.86. The number of allylic oxidation sites excluding steroid dienone is 4. The number of unbranched alkanes of at least 4 members (excludes halogenated alkanes) is 1. The van der Waals surface area contributed by atoms with E-state index in [0.717, 1.165) is 17.6 Å². The van der Waals surface area contributed by atoms with Gasteiger partial charge in [0.1, 0.15) is 6.61 Å². The lowest BCUT2D eigenvalue weighted by Crippen LogP contribution is -2.63. The normalized spacial score (nSPS) is 34.9. The highest BCUT2D eigenvalue weighted by Crippen LogP contribution is 2.68. The van der Waals surface area contributed by atoms with E-state index < -0.39 is 51.2 Å². The zero-order chi connectivity index (χ0) is 31.2. The molecule has 3 fully saturated rings. The molecule has 43 heavy (non-hydrogen) atoms. The standard InChI is InChI=1S/C33H42O9S/c1-5-6-17-40-30(37)42-33(28(36)20-41-43(38,39)24-10-7-21(2)8-11-24)16-14-26-25-12-9-22-18-23(34)13-15-31(22,3)29(25)27(35)19-32(26,33)4/h7-8,10-11,13,15,18,25-27,29,35H,5-6,9,12,14,16-17,19-20H2,1-4H3/t25-,26-,27?,29+,31-,32-,33-/m0/s1. The third-order valence-corrected chi connectivity index (χ3v) is 12.0. The lowest BCUT2D eigenvalue weighted by atomic mass is 9.46. The van der Waals surface area contributed by atoms with Crippen molar-refractivity contribution in [3.8, 4) is 0 Å². The molecular weight excluding hydrogens is 572 g/mol. The number of benzene rings is 1. The summed E-state index contributed by atoms with van der Waals surface area (Å²) < 4.78 is 42.5. The minimum Gasteiger partial charge on any atom is -0.434 e. The summed E-state index contributed by atoms with van der Waals surface area (Å²) in [5.41, 5.74) is -1.37. The number of aryl methyl sites for hydroxylation is 1. The van der Waals surface area contributed by atoms with Gasteiger partial charge in [0.25, 0.3) is 10.1 Å². The predicted molar refractivity (Wildman–Crippen MR) is 157 cm³/mol. The number of hydrogen-bond acceptors (Lipinski definition) is 9. The molecular formula is C33H42O9S. The molecule has 0 aliphatic heterocycles. The number of fused-ring (bicyclic) bond motifs is 5. The fourth-order valence-corrected chi connectivity index (χ4v) is 9.36. The van der Waals surface area contributed by atoms with Crippen molar-refractivity contribution in [2.45, 2.75) is 89.2 Å². The number of ether oxygens (including phenoxy) is 2. The van der Waals surface area contributed by atoms with E-state index in [2.05, 4.69) is 6.92 Å². The molecule has 0 amide bonds. The van der Waals surface area contributed by atoms with Crippen LogP contribution in [0.1, 0.15) is 71.3 Å². The Balaban J connectivity index is 1.46. The second-order valence-corrected chi connectivity index (χ2v) is 14.7. The molecule has 0 aromatic heterocycles. The van der Waals surface area contributed by atoms with Crippen molar-refractivity contribution in [2.75, 3.05) is 13.2 Å². The Morgan fingerprint density at radius 1 is 1.12 bits per heavy atom. The van der Waals surface area contributed by atoms with E-state index in [1.54, 1.807) is 24.3 Å². The third-order valence-electron chi connectivity index (χ3n) is 10.7. The van der Waals surface area contributed by atoms with Gasteiger partial charge >= 0.3 is 6.16 Å². The summed E-state index contributed by atoms with van der Waals surface area (Å²) in [4.78, 5) is 39.3. The molecule has 10 heteroatoms. The first-order valence-electron chi connectivity index (χ1n) is 15.2. The molecule has 4 aliphatic rings. The van der Waals surface area contributed by atoms with Gasteiger partial charge in [-0.3, -0.25) is 13.8 Å². The molecule has 0 saturated heterocycles. The lowest BCUT2D eigenvalue weighted by Gasteiger charge is -2.59. The van der Waals surface area contributed by atoms with Gasteiger partial charge in [0.05, 0.1) is 17.6 Å². The molecule has 1 N–H and O–H groups in total. The maximum absolute atomic E-state index is 14.2. The summed E-state index contributed by atoms with van der Waals surface area (Å²) in [5.74, 6) is -1.03. The topological polar surface area (TPSA) is 133 Å². The lowest BCUT2D eigenvalue weighted by molar-refractivity contribution is -0.183. The Labute approximate surface area is 253 Å². The molecule has 0 bridgehead atoms. The van der Waals surface area contributed by atoms with Crippen LogP contribution in [0.2, 0.25) is 0 Å². The molecule has 9 nitrogen and oxygen atoms in total. The van der Waals surface area contributed by atoms with Gasteiger partial charge in [-0.15, -0.1) is 0 Å². The van der Waals surface area contributed by atoms with E-state index in [1.807, 2.05) is 26.8 Å². The maximum Gasteiger partial charge on any atom is 0.509 e. The Morgan fingerprint density at radius 2 is 1.84 bits per heavy atom. The molecule has 1 aromatic rings. The zero-order valence-electron chi connectivity index (χ0n) is 25.3. The van der Waals surface area contributed by atoms with Gasteiger partial charge in [-0.1, -0.05) is 56.5 Å². The van der Waals surface area contributed by atoms with Crippen LogP contribution in [0.4, 0.5) is 4.79 Å². The van der Waals surface area contributed by atoms with Crippen molar-refractivity contribution >= 4 is 27.8 Å². The van der Waals surface area contributed by atoms with Crippen molar-refractivity contribution < 1.29 is 41.6 Å². The second-order valence-electron chi connectivity index (χ2n) is 13.1. The van der Waals surface area contributed by atoms with Crippen LogP contribution >= 0.6 is 0 Å². The molecule has 3 saturated carbocycles. The van der Waals surface area contributed by atoms with Crippen molar-refractivity contribution in [2.24, 2.45) is 28.6 Å². The molecule has 1 aromatic carbocycles. The maximum atomic E-state index is 14.2. The van der Waals surface area contributed by atoms with Crippen LogP contribution in [0.5, 0.6) is 0 Å². The zero-order valence-corrected chi connectivity index (χ0v) is 26.2. The van der Waals surface area contributed by atoms with Crippen LogP contribution in [0.25, 0.3) is 0 Å². The SMILES string of the molecule is CCCCOC(=O)O[C@]1(C(=O)COS(=O)(=O)c2ccc(C)cc2)CC[C@H]2[C@@H]3CCC4=CC(=O)C=C[C@]4(C)[C@H]3C(O)C[C@@]21C. The molecule has 0 heterocycles. The smallest absolute Gasteiger partial charge is 0.434 e. The minimum absolute atomic E-state index is 0.0136. The van der Waals surface area contributed by atoms with E-state index >= 15 is 0 Å². The molecule has 0 radical (unpaired) electrons. The highest BCUT2D eigenvalue weighted by atomic mass is 32.2. The monoisotopic (exact) mass is 614 g/mol. The number of ketones is 2. The summed E-state index contributed by atoms with van der Waals surface area (Å²) in [6, 6.07) is 6.10. The predicted octanol–water partition coefficient (Wildman–Crippen LogP) is 5.24. The highest BCUT2D eigenvalue weighted by Gasteiger charge is 2.70. The summed E-state index contributed by atoms with van der Waals surface area (Å²) in [6.45, 7) is 7.02. The number of rotatable bonds is 9. The number of hydrogen-bond donors (Lipinski definition) is 1. The molecule has 234 valence electrons. The van der Waals surface area contributed by atoms with Crippen LogP contribution in [0.3, 0.4) is 0 Å². The van der Waals surface area contributed by atoms with E-state index in [4.69, 9.17) is 13.7 Å². The van der Waals surface area contributed by atoms with E-state index in [1.165, 1.54) is 12.1 Å². The van der Waals surface area contributed by atoms with Crippen molar-refractivity contribution in [3.05, 3.63) is 53.6 Å². The molecule has 7 atom stereocenters. The fourth-order valence-electron chi connectivity index (χ4n) is 8.49. The van der Waals surface area contributed by atoms with Crippen molar-refractivity contribution in [1.29, 1.82) is 0 Å². The van der Waals surface area contributed by atoms with Gasteiger partial charge in [-0.25, -0.2) is 4.79 Å². The first-order valence-corrected chi connectivity index (χ1v) is 16.7. The average molecular weight is 615 g/mol. The van der Waals surface area contributed by atoms with E-state index in [0.29, 0.717) is 25.7 Å². The quantitative estimate of drug-likeness (QED) is 0.225. The van der Waals surface area contributed by atoms with Gasteiger partial charge in [-0.2, -0.15) is 8.42 Å². The number of Topliss-reactive ketones (excluding diaryl/α,β-unsaturated/α-hetero) is 1. The first kappa shape index (κ1) is 31.6. The Morgan fingerprint density at radius 3 is 2.53 bits per heavy atom. The summed E-state index contributed by atoms with van der Waals surface area (Å²) in [5, 5.41) is 11.8. The number of aliphatic hydroxyl groups excluding tert-OH is 1. The number of carbonyl (C=O) groups is 3. The summed E-state index contributed by atoms with van der Waals surface area (Å²) in [7, 11) is -4.26. The van der Waals surface area contributed by atoms with Crippen LogP contribution in [-0.4, -0.2) is 56.2 Å². The van der Waals surface area contributed by atoms with Gasteiger partial charge in [0, 0.05) is 16.7 Å². The molecule has 4 aliphatic carbocycles. The molecule has 0 spiro atoms. The first-order chi connectivity index (χ1) is 20.3. The molecule has 1 unspecified atom stereocenters. The van der Waals surface area contributed by atoms with Crippen LogP contribution in [0, 0.1) is 35.5 Å². The summed E-state index contributed by atoms with van der Waals surface area (Å²) in [6.07, 6.45) is 6.99. The number of aliphatic hydroxyl groups is 1. The number of carbonyl (C=O) groups excluding carboxylic acids is 3. The van der Waals surface area contributed by atoms with Gasteiger partial charge in [-0.05, 0) is 81.6 Å². The molecule has 5 rings (SSSR count). The second kappa shape index (κ2) is 11.6. The van der Waals surface area contributed by atoms with Crippen molar-refractivity contribution in [3.63, 3.8) is 0 Å². The average Bonchev–Trinajstić information content (AvgIpc) is 3.24. The van der Waals surface area contributed by atoms with Crippen molar-refractivity contribution in [1.82, 2.24) is 0 Å². The third kappa shape index (κ3) is 5.40. The van der Waals surface area contributed by atoms with Crippen LogP contribution in [0.15, 0.2) is 53.0 Å². The Bertz CT molecular complexity index is 1440. The van der Waals surface area contributed by atoms with E-state index in [9.17, 15) is 27.9 Å². The Kier molecular flexibility index (Phi) is 8.52. The fraction of sp³-hybridized carbons (Fsp3) is 0.606. The minimum atomic E-state index is -4.26. The van der Waals surface area contributed by atoms with Gasteiger partial charge < -0.3 is 14.6 Å². The Hall–Kier alpha value is -2.82. The van der Waals surface area contributed by atoms with Gasteiger partial charge in [0.15, 0.2) is 11.4 Å². The van der Waals surface area contributed by atoms with Crippen LogP contribution < -0.4 is 0 Å². The van der Waals surface area contributed by atoms with Crippen LogP contribution in [-0.2, 0) is 33.4 Å². The van der Waals surface area contributed by atoms with E-state index in [-0.39, 0.29) is 47.9 Å². The van der Waals surface area contributed by atoms with Gasteiger partial charge in [0.2, 0.25) is 5.78 Å². The largest absolute Gasteiger partial charge is 0.509 e.